The van der Waals surface area contributed by atoms with Crippen LogP contribution in [0.4, 0.5) is 5.69 Å². The van der Waals surface area contributed by atoms with Crippen LogP contribution in [0.25, 0.3) is 0 Å². The van der Waals surface area contributed by atoms with Gasteiger partial charge < -0.3 is 14.8 Å². The average molecular weight is 339 g/mol. The number of rotatable bonds is 9. The third kappa shape index (κ3) is 5.02. The molecule has 0 atom stereocenters. The van der Waals surface area contributed by atoms with Crippen molar-refractivity contribution < 1.29 is 9.47 Å². The standard InChI is InChI=1S/C22H29NO2/c1-6-8-19-13-18(14-21(24-5)22(19)25-11-7-2)15-23-20-12-16(3)9-10-17(20)4/h6,9-10,12-14,23H,1,7-8,11,15H2,2-5H3. The fourth-order valence-corrected chi connectivity index (χ4v) is 2.78. The normalized spacial score (nSPS) is 10.4. The Morgan fingerprint density at radius 1 is 1.16 bits per heavy atom. The molecule has 0 aromatic heterocycles. The van der Waals surface area contributed by atoms with Crippen LogP contribution in [-0.2, 0) is 13.0 Å². The molecule has 0 aliphatic carbocycles. The fourth-order valence-electron chi connectivity index (χ4n) is 2.78. The second-order valence-electron chi connectivity index (χ2n) is 6.30. The number of ether oxygens (including phenoxy) is 2. The minimum Gasteiger partial charge on any atom is -0.493 e. The van der Waals surface area contributed by atoms with E-state index in [1.165, 1.54) is 16.7 Å². The maximum absolute atomic E-state index is 5.92. The van der Waals surface area contributed by atoms with E-state index in [9.17, 15) is 0 Å². The number of benzene rings is 2. The maximum Gasteiger partial charge on any atom is 0.164 e. The van der Waals surface area contributed by atoms with Gasteiger partial charge in [0.25, 0.3) is 0 Å². The predicted octanol–water partition coefficient (Wildman–Crippen LogP) is 5.44. The van der Waals surface area contributed by atoms with Gasteiger partial charge in [-0.2, -0.15) is 0 Å². The Morgan fingerprint density at radius 3 is 2.64 bits per heavy atom. The van der Waals surface area contributed by atoms with Gasteiger partial charge in [-0.15, -0.1) is 6.58 Å². The van der Waals surface area contributed by atoms with Gasteiger partial charge in [0.15, 0.2) is 11.5 Å². The van der Waals surface area contributed by atoms with Gasteiger partial charge in [-0.25, -0.2) is 0 Å². The molecule has 0 saturated heterocycles. The van der Waals surface area contributed by atoms with Crippen LogP contribution in [0.5, 0.6) is 11.5 Å². The molecule has 2 aromatic rings. The smallest absolute Gasteiger partial charge is 0.164 e. The van der Waals surface area contributed by atoms with Gasteiger partial charge in [0, 0.05) is 17.8 Å². The van der Waals surface area contributed by atoms with Crippen LogP contribution in [0.3, 0.4) is 0 Å². The van der Waals surface area contributed by atoms with Crippen LogP contribution in [0, 0.1) is 13.8 Å². The lowest BCUT2D eigenvalue weighted by molar-refractivity contribution is 0.291. The van der Waals surface area contributed by atoms with E-state index < -0.39 is 0 Å². The monoisotopic (exact) mass is 339 g/mol. The van der Waals surface area contributed by atoms with E-state index in [1.807, 2.05) is 6.08 Å². The van der Waals surface area contributed by atoms with Gasteiger partial charge in [-0.3, -0.25) is 0 Å². The zero-order chi connectivity index (χ0) is 18.2. The molecular weight excluding hydrogens is 310 g/mol. The largest absolute Gasteiger partial charge is 0.493 e. The van der Waals surface area contributed by atoms with Crippen LogP contribution in [-0.4, -0.2) is 13.7 Å². The Kier molecular flexibility index (Phi) is 6.93. The molecule has 0 spiro atoms. The highest BCUT2D eigenvalue weighted by atomic mass is 16.5. The molecule has 1 N–H and O–H groups in total. The lowest BCUT2D eigenvalue weighted by atomic mass is 10.0. The predicted molar refractivity (Wildman–Crippen MR) is 106 cm³/mol. The van der Waals surface area contributed by atoms with Gasteiger partial charge in [0.1, 0.15) is 0 Å². The van der Waals surface area contributed by atoms with Crippen molar-refractivity contribution in [2.24, 2.45) is 0 Å². The van der Waals surface area contributed by atoms with E-state index in [1.54, 1.807) is 7.11 Å². The molecule has 0 radical (unpaired) electrons. The molecule has 3 nitrogen and oxygen atoms in total. The molecule has 0 aliphatic heterocycles. The summed E-state index contributed by atoms with van der Waals surface area (Å²) in [5.74, 6) is 1.62. The van der Waals surface area contributed by atoms with Crippen molar-refractivity contribution in [3.05, 3.63) is 65.2 Å². The highest BCUT2D eigenvalue weighted by Crippen LogP contribution is 2.34. The number of hydrogen-bond donors (Lipinski definition) is 1. The Labute approximate surface area is 151 Å². The Balaban J connectivity index is 2.26. The zero-order valence-corrected chi connectivity index (χ0v) is 15.8. The highest BCUT2D eigenvalue weighted by molar-refractivity contribution is 5.54. The van der Waals surface area contributed by atoms with Crippen molar-refractivity contribution in [2.45, 2.75) is 40.2 Å². The second-order valence-corrected chi connectivity index (χ2v) is 6.30. The summed E-state index contributed by atoms with van der Waals surface area (Å²) >= 11 is 0. The summed E-state index contributed by atoms with van der Waals surface area (Å²) in [6.45, 7) is 11.6. The molecular formula is C22H29NO2. The van der Waals surface area contributed by atoms with Crippen molar-refractivity contribution in [3.8, 4) is 11.5 Å². The first-order chi connectivity index (χ1) is 12.1. The molecule has 0 heterocycles. The third-order valence-electron chi connectivity index (χ3n) is 4.10. The zero-order valence-electron chi connectivity index (χ0n) is 15.8. The number of allylic oxidation sites excluding steroid dienone is 1. The maximum atomic E-state index is 5.92. The molecule has 25 heavy (non-hydrogen) atoms. The van der Waals surface area contributed by atoms with Crippen molar-refractivity contribution in [3.63, 3.8) is 0 Å². The molecule has 2 rings (SSSR count). The van der Waals surface area contributed by atoms with Crippen molar-refractivity contribution in [2.75, 3.05) is 19.0 Å². The molecule has 0 bridgehead atoms. The van der Waals surface area contributed by atoms with E-state index in [0.717, 1.165) is 42.1 Å². The molecule has 3 heteroatoms. The number of aryl methyl sites for hydroxylation is 2. The topological polar surface area (TPSA) is 30.5 Å². The Hall–Kier alpha value is -2.42. The molecule has 0 amide bonds. The van der Waals surface area contributed by atoms with E-state index in [2.05, 4.69) is 63.0 Å². The average Bonchev–Trinajstić information content (AvgIpc) is 2.61. The first-order valence-electron chi connectivity index (χ1n) is 8.83. The summed E-state index contributed by atoms with van der Waals surface area (Å²) in [6.07, 6.45) is 3.62. The number of hydrogen-bond acceptors (Lipinski definition) is 3. The van der Waals surface area contributed by atoms with Crippen LogP contribution in [0.1, 0.15) is 35.6 Å². The molecule has 0 aliphatic rings. The van der Waals surface area contributed by atoms with Crippen LogP contribution in [0.15, 0.2) is 43.0 Å². The number of methoxy groups -OCH3 is 1. The second kappa shape index (κ2) is 9.16. The summed E-state index contributed by atoms with van der Waals surface area (Å²) in [5, 5.41) is 3.53. The van der Waals surface area contributed by atoms with Crippen molar-refractivity contribution in [1.29, 1.82) is 0 Å². The number of nitrogens with one attached hydrogen (secondary N) is 1. The van der Waals surface area contributed by atoms with E-state index in [0.29, 0.717) is 6.61 Å². The van der Waals surface area contributed by atoms with Gasteiger partial charge in [0.2, 0.25) is 0 Å². The minimum absolute atomic E-state index is 0.681. The molecule has 0 saturated carbocycles. The van der Waals surface area contributed by atoms with E-state index in [-0.39, 0.29) is 0 Å². The fraction of sp³-hybridized carbons (Fsp3) is 0.364. The first kappa shape index (κ1) is 18.9. The number of anilines is 1. The van der Waals surface area contributed by atoms with Gasteiger partial charge in [0.05, 0.1) is 13.7 Å². The molecule has 134 valence electrons. The minimum atomic E-state index is 0.681. The van der Waals surface area contributed by atoms with Crippen LogP contribution >= 0.6 is 0 Å². The van der Waals surface area contributed by atoms with Crippen molar-refractivity contribution >= 4 is 5.69 Å². The molecule has 0 unspecified atom stereocenters. The SMILES string of the molecule is C=CCc1cc(CNc2cc(C)ccc2C)cc(OC)c1OCCC. The highest BCUT2D eigenvalue weighted by Gasteiger charge is 2.13. The summed E-state index contributed by atoms with van der Waals surface area (Å²) in [4.78, 5) is 0. The summed E-state index contributed by atoms with van der Waals surface area (Å²) in [6, 6.07) is 10.7. The van der Waals surface area contributed by atoms with Gasteiger partial charge in [-0.05, 0) is 61.6 Å². The van der Waals surface area contributed by atoms with E-state index in [4.69, 9.17) is 9.47 Å². The third-order valence-corrected chi connectivity index (χ3v) is 4.10. The lowest BCUT2D eigenvalue weighted by Crippen LogP contribution is -2.06. The quantitative estimate of drug-likeness (QED) is 0.617. The van der Waals surface area contributed by atoms with E-state index >= 15 is 0 Å². The van der Waals surface area contributed by atoms with Gasteiger partial charge >= 0.3 is 0 Å². The molecule has 0 fully saturated rings. The summed E-state index contributed by atoms with van der Waals surface area (Å²) in [7, 11) is 1.69. The van der Waals surface area contributed by atoms with Gasteiger partial charge in [-0.1, -0.05) is 25.1 Å². The van der Waals surface area contributed by atoms with Crippen LogP contribution in [0.2, 0.25) is 0 Å². The Morgan fingerprint density at radius 2 is 1.96 bits per heavy atom. The summed E-state index contributed by atoms with van der Waals surface area (Å²) < 4.78 is 11.5. The molecule has 2 aromatic carbocycles. The Bertz CT molecular complexity index is 722. The van der Waals surface area contributed by atoms with Crippen LogP contribution < -0.4 is 14.8 Å². The lowest BCUT2D eigenvalue weighted by Gasteiger charge is -2.17. The first-order valence-corrected chi connectivity index (χ1v) is 8.83. The summed E-state index contributed by atoms with van der Waals surface area (Å²) in [5.41, 5.74) is 5.93. The van der Waals surface area contributed by atoms with Crippen molar-refractivity contribution in [1.82, 2.24) is 0 Å².